The van der Waals surface area contributed by atoms with Crippen LogP contribution in [0.15, 0.2) is 42.5 Å². The number of benzene rings is 2. The number of amides is 1. The number of fused-ring (bicyclic) bond motifs is 1. The summed E-state index contributed by atoms with van der Waals surface area (Å²) in [5.74, 6) is -0.153. The van der Waals surface area contributed by atoms with E-state index in [1.54, 1.807) is 42.5 Å². The lowest BCUT2D eigenvalue weighted by Gasteiger charge is -2.20. The van der Waals surface area contributed by atoms with Crippen LogP contribution in [0.4, 0.5) is 5.69 Å². The van der Waals surface area contributed by atoms with Crippen molar-refractivity contribution in [3.05, 3.63) is 53.1 Å². The minimum atomic E-state index is -0.472. The fraction of sp³-hybridized carbons (Fsp3) is 0.300. The Balaban J connectivity index is 1.58. The third kappa shape index (κ3) is 4.71. The molecule has 1 amide bonds. The van der Waals surface area contributed by atoms with E-state index in [1.165, 1.54) is 0 Å². The summed E-state index contributed by atoms with van der Waals surface area (Å²) in [5.41, 5.74) is 1.34. The van der Waals surface area contributed by atoms with Gasteiger partial charge < -0.3 is 19.5 Å². The molecule has 3 rings (SSSR count). The lowest BCUT2D eigenvalue weighted by molar-refractivity contribution is -0.149. The number of carbonyl (C=O) groups is 2. The Bertz CT molecular complexity index is 835. The molecule has 0 spiro atoms. The van der Waals surface area contributed by atoms with Crippen LogP contribution in [0, 0.1) is 5.92 Å². The minimum Gasteiger partial charge on any atom is -0.455 e. The number of rotatable bonds is 6. The molecule has 0 bridgehead atoms. The van der Waals surface area contributed by atoms with Crippen LogP contribution >= 0.6 is 11.6 Å². The molecule has 0 saturated carbocycles. The van der Waals surface area contributed by atoms with Crippen LogP contribution in [0.25, 0.3) is 0 Å². The zero-order valence-corrected chi connectivity index (χ0v) is 15.8. The van der Waals surface area contributed by atoms with Gasteiger partial charge in [-0.1, -0.05) is 37.6 Å². The van der Waals surface area contributed by atoms with Crippen LogP contribution in [-0.2, 0) is 14.3 Å². The number of halogens is 1. The van der Waals surface area contributed by atoms with E-state index in [2.05, 4.69) is 5.32 Å². The second-order valence-corrected chi connectivity index (χ2v) is 6.93. The van der Waals surface area contributed by atoms with Crippen LogP contribution in [0.5, 0.6) is 11.5 Å². The molecule has 1 unspecified atom stereocenters. The van der Waals surface area contributed by atoms with E-state index in [1.807, 2.05) is 13.8 Å². The fourth-order valence-electron chi connectivity index (χ4n) is 2.86. The normalized spacial score (nSPS) is 13.3. The molecule has 0 radical (unpaired) electrons. The summed E-state index contributed by atoms with van der Waals surface area (Å²) in [5, 5.41) is 3.27. The standard InChI is InChI=1S/C20H20ClNO5/c1-12(2)19(13-3-5-14(21)6-4-13)20(24)25-10-18(23)22-15-7-8-16-17(9-15)27-11-26-16/h3-9,12,19H,10-11H2,1-2H3,(H,22,23). The first kappa shape index (κ1) is 19.0. The first-order chi connectivity index (χ1) is 12.9. The highest BCUT2D eigenvalue weighted by molar-refractivity contribution is 6.30. The SMILES string of the molecule is CC(C)C(C(=O)OCC(=O)Nc1ccc2c(c1)OCO2)c1ccc(Cl)cc1. The molecule has 1 N–H and O–H groups in total. The molecular formula is C20H20ClNO5. The molecule has 0 aliphatic carbocycles. The van der Waals surface area contributed by atoms with Gasteiger partial charge in [0, 0.05) is 16.8 Å². The first-order valence-electron chi connectivity index (χ1n) is 8.55. The van der Waals surface area contributed by atoms with Crippen molar-refractivity contribution in [3.8, 4) is 11.5 Å². The number of esters is 1. The molecule has 2 aromatic rings. The minimum absolute atomic E-state index is 0.00981. The maximum absolute atomic E-state index is 12.5. The number of carbonyl (C=O) groups excluding carboxylic acids is 2. The highest BCUT2D eigenvalue weighted by Crippen LogP contribution is 2.34. The van der Waals surface area contributed by atoms with E-state index in [0.717, 1.165) is 5.56 Å². The molecule has 1 aliphatic rings. The van der Waals surface area contributed by atoms with E-state index in [4.69, 9.17) is 25.8 Å². The van der Waals surface area contributed by atoms with Gasteiger partial charge in [-0.05, 0) is 35.7 Å². The van der Waals surface area contributed by atoms with Crippen LogP contribution in [0.3, 0.4) is 0 Å². The average molecular weight is 390 g/mol. The molecule has 1 atom stereocenters. The van der Waals surface area contributed by atoms with E-state index < -0.39 is 17.8 Å². The second-order valence-electron chi connectivity index (χ2n) is 6.50. The predicted molar refractivity (Wildman–Crippen MR) is 101 cm³/mol. The van der Waals surface area contributed by atoms with Crippen molar-refractivity contribution in [2.45, 2.75) is 19.8 Å². The van der Waals surface area contributed by atoms with Gasteiger partial charge in [-0.25, -0.2) is 0 Å². The molecule has 27 heavy (non-hydrogen) atoms. The Kier molecular flexibility index (Phi) is 5.86. The zero-order valence-electron chi connectivity index (χ0n) is 15.0. The third-order valence-corrected chi connectivity index (χ3v) is 4.40. The number of anilines is 1. The van der Waals surface area contributed by atoms with Crippen molar-refractivity contribution in [3.63, 3.8) is 0 Å². The van der Waals surface area contributed by atoms with Crippen molar-refractivity contribution in [1.29, 1.82) is 0 Å². The zero-order chi connectivity index (χ0) is 19.4. The molecular weight excluding hydrogens is 370 g/mol. The van der Waals surface area contributed by atoms with E-state index in [9.17, 15) is 9.59 Å². The Morgan fingerprint density at radius 2 is 1.81 bits per heavy atom. The number of nitrogens with one attached hydrogen (secondary N) is 1. The molecule has 1 aliphatic heterocycles. The maximum atomic E-state index is 12.5. The van der Waals surface area contributed by atoms with Crippen molar-refractivity contribution in [2.24, 2.45) is 5.92 Å². The molecule has 0 fully saturated rings. The van der Waals surface area contributed by atoms with Gasteiger partial charge in [0.25, 0.3) is 5.91 Å². The largest absolute Gasteiger partial charge is 0.455 e. The van der Waals surface area contributed by atoms with Gasteiger partial charge in [0.05, 0.1) is 5.92 Å². The van der Waals surface area contributed by atoms with Crippen molar-refractivity contribution < 1.29 is 23.8 Å². The summed E-state index contributed by atoms with van der Waals surface area (Å²) >= 11 is 5.90. The smallest absolute Gasteiger partial charge is 0.314 e. The summed E-state index contributed by atoms with van der Waals surface area (Å²) < 4.78 is 15.7. The van der Waals surface area contributed by atoms with Gasteiger partial charge in [0.15, 0.2) is 18.1 Å². The molecule has 7 heteroatoms. The number of ether oxygens (including phenoxy) is 3. The number of hydrogen-bond acceptors (Lipinski definition) is 5. The van der Waals surface area contributed by atoms with Crippen molar-refractivity contribution in [2.75, 3.05) is 18.7 Å². The van der Waals surface area contributed by atoms with Crippen molar-refractivity contribution in [1.82, 2.24) is 0 Å². The van der Waals surface area contributed by atoms with Crippen LogP contribution in [0.1, 0.15) is 25.3 Å². The van der Waals surface area contributed by atoms with Crippen LogP contribution < -0.4 is 14.8 Å². The highest BCUT2D eigenvalue weighted by Gasteiger charge is 2.26. The summed E-state index contributed by atoms with van der Waals surface area (Å²) in [6, 6.07) is 12.1. The van der Waals surface area contributed by atoms with Gasteiger partial charge in [0.1, 0.15) is 0 Å². The van der Waals surface area contributed by atoms with Gasteiger partial charge >= 0.3 is 5.97 Å². The summed E-state index contributed by atoms with van der Waals surface area (Å²) in [7, 11) is 0. The molecule has 142 valence electrons. The molecule has 0 aromatic heterocycles. The Morgan fingerprint density at radius 1 is 1.11 bits per heavy atom. The monoisotopic (exact) mass is 389 g/mol. The summed E-state index contributed by atoms with van der Waals surface area (Å²) in [4.78, 5) is 24.6. The van der Waals surface area contributed by atoms with Gasteiger partial charge in [0.2, 0.25) is 6.79 Å². The van der Waals surface area contributed by atoms with E-state index >= 15 is 0 Å². The quantitative estimate of drug-likeness (QED) is 0.756. The maximum Gasteiger partial charge on any atom is 0.314 e. The lowest BCUT2D eigenvalue weighted by atomic mass is 9.88. The molecule has 1 heterocycles. The topological polar surface area (TPSA) is 73.9 Å². The summed E-state index contributed by atoms with van der Waals surface area (Å²) in [6.45, 7) is 3.64. The second kappa shape index (κ2) is 8.31. The Labute approximate surface area is 162 Å². The molecule has 2 aromatic carbocycles. The Morgan fingerprint density at radius 3 is 2.52 bits per heavy atom. The first-order valence-corrected chi connectivity index (χ1v) is 8.93. The van der Waals surface area contributed by atoms with Gasteiger partial charge in [-0.3, -0.25) is 9.59 Å². The van der Waals surface area contributed by atoms with Crippen LogP contribution in [0.2, 0.25) is 5.02 Å². The van der Waals surface area contributed by atoms with Crippen LogP contribution in [-0.4, -0.2) is 25.3 Å². The molecule has 0 saturated heterocycles. The summed E-state index contributed by atoms with van der Waals surface area (Å²) in [6.07, 6.45) is 0. The Hall–Kier alpha value is -2.73. The molecule has 6 nitrogen and oxygen atoms in total. The lowest BCUT2D eigenvalue weighted by Crippen LogP contribution is -2.26. The van der Waals surface area contributed by atoms with E-state index in [0.29, 0.717) is 22.2 Å². The van der Waals surface area contributed by atoms with Crippen molar-refractivity contribution >= 4 is 29.2 Å². The third-order valence-electron chi connectivity index (χ3n) is 4.15. The van der Waals surface area contributed by atoms with E-state index in [-0.39, 0.29) is 19.3 Å². The van der Waals surface area contributed by atoms with Gasteiger partial charge in [-0.2, -0.15) is 0 Å². The van der Waals surface area contributed by atoms with Gasteiger partial charge in [-0.15, -0.1) is 0 Å². The number of hydrogen-bond donors (Lipinski definition) is 1. The predicted octanol–water partition coefficient (Wildman–Crippen LogP) is 3.99. The highest BCUT2D eigenvalue weighted by atomic mass is 35.5. The average Bonchev–Trinajstić information content (AvgIpc) is 3.09. The fourth-order valence-corrected chi connectivity index (χ4v) is 2.99.